The lowest BCUT2D eigenvalue weighted by molar-refractivity contribution is 1.49. The molecule has 0 fully saturated rings. The Morgan fingerprint density at radius 2 is 1.75 bits per heavy atom. The summed E-state index contributed by atoms with van der Waals surface area (Å²) in [6.07, 6.45) is 0. The van der Waals surface area contributed by atoms with Crippen molar-refractivity contribution in [3.63, 3.8) is 0 Å². The Balaban J connectivity index is 1.90. The van der Waals surface area contributed by atoms with Gasteiger partial charge in [0.05, 0.1) is 16.3 Å². The molecule has 2 aromatic carbocycles. The predicted octanol–water partition coefficient (Wildman–Crippen LogP) is 6.01. The fraction of sp³-hybridized carbons (Fsp3) is 0. The third kappa shape index (κ3) is 3.08. The highest BCUT2D eigenvalue weighted by Gasteiger charge is 2.16. The molecule has 118 valence electrons. The maximum Gasteiger partial charge on any atom is 0.172 e. The first kappa shape index (κ1) is 15.4. The fourth-order valence-electron chi connectivity index (χ4n) is 2.39. The van der Waals surface area contributed by atoms with E-state index >= 15 is 0 Å². The molecular formula is C18H11Cl2N3S. The van der Waals surface area contributed by atoms with Gasteiger partial charge in [0, 0.05) is 15.6 Å². The SMILES string of the molecule is Clc1cccc(C2=NC(c3cccs3)=Nc3ccc(Cl)cc3N2)c1. The number of fused-ring (bicyclic) bond motifs is 1. The minimum atomic E-state index is 0.640. The van der Waals surface area contributed by atoms with Crippen LogP contribution in [0.2, 0.25) is 10.0 Å². The number of aliphatic imine (C=N–C) groups is 2. The lowest BCUT2D eigenvalue weighted by Gasteiger charge is -2.10. The van der Waals surface area contributed by atoms with Crippen molar-refractivity contribution in [1.82, 2.24) is 0 Å². The van der Waals surface area contributed by atoms with Gasteiger partial charge in [0.1, 0.15) is 5.84 Å². The highest BCUT2D eigenvalue weighted by Crippen LogP contribution is 2.32. The molecule has 24 heavy (non-hydrogen) atoms. The van der Waals surface area contributed by atoms with Crippen LogP contribution in [0.4, 0.5) is 11.4 Å². The molecule has 1 aliphatic rings. The number of hydrogen-bond acceptors (Lipinski definition) is 4. The monoisotopic (exact) mass is 371 g/mol. The van der Waals surface area contributed by atoms with Gasteiger partial charge in [-0.3, -0.25) is 0 Å². The third-order valence-corrected chi connectivity index (χ3v) is 4.83. The first-order valence-electron chi connectivity index (χ1n) is 7.23. The van der Waals surface area contributed by atoms with Crippen LogP contribution in [0.25, 0.3) is 0 Å². The van der Waals surface area contributed by atoms with E-state index in [-0.39, 0.29) is 0 Å². The minimum Gasteiger partial charge on any atom is -0.338 e. The van der Waals surface area contributed by atoms with Gasteiger partial charge in [-0.05, 0) is 41.8 Å². The lowest BCUT2D eigenvalue weighted by atomic mass is 10.2. The molecule has 0 saturated heterocycles. The summed E-state index contributed by atoms with van der Waals surface area (Å²) in [5.74, 6) is 1.35. The average molecular weight is 372 g/mol. The first-order chi connectivity index (χ1) is 11.7. The molecule has 2 heterocycles. The van der Waals surface area contributed by atoms with Crippen LogP contribution in [-0.2, 0) is 0 Å². The van der Waals surface area contributed by atoms with Gasteiger partial charge in [-0.25, -0.2) is 9.98 Å². The van der Waals surface area contributed by atoms with Crippen LogP contribution in [-0.4, -0.2) is 11.7 Å². The number of benzene rings is 2. The normalized spacial score (nSPS) is 13.4. The fourth-order valence-corrected chi connectivity index (χ4v) is 3.41. The van der Waals surface area contributed by atoms with Crippen molar-refractivity contribution in [2.24, 2.45) is 9.98 Å². The quantitative estimate of drug-likeness (QED) is 0.588. The highest BCUT2D eigenvalue weighted by molar-refractivity contribution is 7.12. The number of anilines is 1. The predicted molar refractivity (Wildman–Crippen MR) is 104 cm³/mol. The number of hydrogen-bond donors (Lipinski definition) is 1. The third-order valence-electron chi connectivity index (χ3n) is 3.50. The van der Waals surface area contributed by atoms with Gasteiger partial charge >= 0.3 is 0 Å². The number of nitrogens with one attached hydrogen (secondary N) is 1. The van der Waals surface area contributed by atoms with Crippen LogP contribution < -0.4 is 5.32 Å². The van der Waals surface area contributed by atoms with Crippen LogP contribution in [0.3, 0.4) is 0 Å². The number of nitrogens with zero attached hydrogens (tertiary/aromatic N) is 2. The van der Waals surface area contributed by atoms with Gasteiger partial charge < -0.3 is 5.32 Å². The molecule has 0 radical (unpaired) electrons. The molecule has 0 bridgehead atoms. The highest BCUT2D eigenvalue weighted by atomic mass is 35.5. The van der Waals surface area contributed by atoms with E-state index in [4.69, 9.17) is 33.2 Å². The molecule has 3 aromatic rings. The van der Waals surface area contributed by atoms with Gasteiger partial charge in [0.25, 0.3) is 0 Å². The Hall–Kier alpha value is -2.14. The second-order valence-corrected chi connectivity index (χ2v) is 6.99. The molecule has 1 N–H and O–H groups in total. The zero-order chi connectivity index (χ0) is 16.5. The number of thiophene rings is 1. The Morgan fingerprint density at radius 3 is 2.54 bits per heavy atom. The van der Waals surface area contributed by atoms with Gasteiger partial charge in [-0.1, -0.05) is 41.4 Å². The summed E-state index contributed by atoms with van der Waals surface area (Å²) >= 11 is 13.9. The molecule has 0 amide bonds. The summed E-state index contributed by atoms with van der Waals surface area (Å²) in [6, 6.07) is 17.1. The second kappa shape index (κ2) is 6.40. The van der Waals surface area contributed by atoms with Crippen molar-refractivity contribution in [3.8, 4) is 0 Å². The van der Waals surface area contributed by atoms with E-state index < -0.39 is 0 Å². The van der Waals surface area contributed by atoms with Gasteiger partial charge in [0.2, 0.25) is 0 Å². The standard InChI is InChI=1S/C18H11Cl2N3S/c19-12-4-1-3-11(9-12)17-22-15-10-13(20)6-7-14(15)21-18(23-17)16-5-2-8-24-16/h1-10H,(H,21,22,23). The van der Waals surface area contributed by atoms with Gasteiger partial charge in [0.15, 0.2) is 5.84 Å². The topological polar surface area (TPSA) is 36.8 Å². The van der Waals surface area contributed by atoms with Crippen LogP contribution in [0, 0.1) is 0 Å². The minimum absolute atomic E-state index is 0.640. The summed E-state index contributed by atoms with van der Waals surface area (Å²) < 4.78 is 0. The Bertz CT molecular complexity index is 962. The molecule has 0 atom stereocenters. The molecule has 0 spiro atoms. The summed E-state index contributed by atoms with van der Waals surface area (Å²) in [7, 11) is 0. The van der Waals surface area contributed by atoms with E-state index in [1.807, 2.05) is 60.0 Å². The van der Waals surface area contributed by atoms with Gasteiger partial charge in [-0.15, -0.1) is 11.3 Å². The molecule has 4 rings (SSSR count). The molecule has 3 nitrogen and oxygen atoms in total. The largest absolute Gasteiger partial charge is 0.338 e. The van der Waals surface area contributed by atoms with Crippen LogP contribution in [0.15, 0.2) is 70.0 Å². The van der Waals surface area contributed by atoms with E-state index in [0.29, 0.717) is 21.7 Å². The Morgan fingerprint density at radius 1 is 0.875 bits per heavy atom. The van der Waals surface area contributed by atoms with Crippen LogP contribution in [0.1, 0.15) is 10.4 Å². The maximum atomic E-state index is 6.14. The summed E-state index contributed by atoms with van der Waals surface area (Å²) in [5, 5.41) is 6.64. The van der Waals surface area contributed by atoms with Crippen molar-refractivity contribution in [2.45, 2.75) is 0 Å². The number of rotatable bonds is 2. The summed E-state index contributed by atoms with van der Waals surface area (Å²) in [6.45, 7) is 0. The lowest BCUT2D eigenvalue weighted by Crippen LogP contribution is -2.14. The molecule has 0 unspecified atom stereocenters. The van der Waals surface area contributed by atoms with Crippen molar-refractivity contribution in [1.29, 1.82) is 0 Å². The van der Waals surface area contributed by atoms with E-state index in [2.05, 4.69) is 5.32 Å². The van der Waals surface area contributed by atoms with E-state index in [9.17, 15) is 0 Å². The van der Waals surface area contributed by atoms with E-state index in [1.165, 1.54) is 0 Å². The molecule has 6 heteroatoms. The second-order valence-electron chi connectivity index (χ2n) is 5.17. The summed E-state index contributed by atoms with van der Waals surface area (Å²) in [4.78, 5) is 10.4. The van der Waals surface area contributed by atoms with Gasteiger partial charge in [-0.2, -0.15) is 0 Å². The molecule has 1 aromatic heterocycles. The maximum absolute atomic E-state index is 6.14. The average Bonchev–Trinajstić information content (AvgIpc) is 3.03. The van der Waals surface area contributed by atoms with Crippen LogP contribution in [0.5, 0.6) is 0 Å². The van der Waals surface area contributed by atoms with Crippen LogP contribution >= 0.6 is 34.5 Å². The van der Waals surface area contributed by atoms with E-state index in [0.717, 1.165) is 21.8 Å². The zero-order valence-electron chi connectivity index (χ0n) is 12.3. The Kier molecular flexibility index (Phi) is 4.10. The number of halogens is 2. The molecule has 0 saturated carbocycles. The zero-order valence-corrected chi connectivity index (χ0v) is 14.7. The smallest absolute Gasteiger partial charge is 0.172 e. The summed E-state index contributed by atoms with van der Waals surface area (Å²) in [5.41, 5.74) is 2.50. The Labute approximate surface area is 153 Å². The van der Waals surface area contributed by atoms with Crippen molar-refractivity contribution >= 4 is 57.6 Å². The molecule has 1 aliphatic heterocycles. The van der Waals surface area contributed by atoms with Crippen molar-refractivity contribution in [3.05, 3.63) is 80.5 Å². The molecule has 0 aliphatic carbocycles. The molecular weight excluding hydrogens is 361 g/mol. The van der Waals surface area contributed by atoms with Crippen molar-refractivity contribution in [2.75, 3.05) is 5.32 Å². The van der Waals surface area contributed by atoms with E-state index in [1.54, 1.807) is 11.3 Å². The van der Waals surface area contributed by atoms with Crippen molar-refractivity contribution < 1.29 is 0 Å². The number of amidine groups is 2. The first-order valence-corrected chi connectivity index (χ1v) is 8.86.